The Labute approximate surface area is 144 Å². The van der Waals surface area contributed by atoms with Crippen LogP contribution in [0.25, 0.3) is 4.96 Å². The fraction of sp³-hybridized carbons (Fsp3) is 0.412. The van der Waals surface area contributed by atoms with E-state index in [2.05, 4.69) is 21.0 Å². The van der Waals surface area contributed by atoms with Crippen molar-refractivity contribution in [3.63, 3.8) is 0 Å². The van der Waals surface area contributed by atoms with Gasteiger partial charge >= 0.3 is 0 Å². The van der Waals surface area contributed by atoms with Gasteiger partial charge in [0.15, 0.2) is 0 Å². The lowest BCUT2D eigenvalue weighted by Crippen LogP contribution is -2.26. The third-order valence-corrected chi connectivity index (χ3v) is 5.54. The van der Waals surface area contributed by atoms with Crippen molar-refractivity contribution >= 4 is 16.3 Å². The van der Waals surface area contributed by atoms with Crippen LogP contribution < -0.4 is 4.74 Å². The highest BCUT2D eigenvalue weighted by molar-refractivity contribution is 7.17. The van der Waals surface area contributed by atoms with Crippen LogP contribution in [0.15, 0.2) is 24.3 Å². The molecule has 1 atom stereocenters. The van der Waals surface area contributed by atoms with E-state index in [4.69, 9.17) is 4.74 Å². The van der Waals surface area contributed by atoms with Gasteiger partial charge in [-0.1, -0.05) is 23.5 Å². The molecule has 1 N–H and O–H groups in total. The minimum absolute atomic E-state index is 0.00333. The zero-order valence-corrected chi connectivity index (χ0v) is 14.6. The molecule has 0 aliphatic carbocycles. The minimum atomic E-state index is -0.00333. The Hall–Kier alpha value is -2.12. The van der Waals surface area contributed by atoms with E-state index in [1.54, 1.807) is 11.6 Å². The Balaban J connectivity index is 1.84. The van der Waals surface area contributed by atoms with Crippen molar-refractivity contribution in [3.05, 3.63) is 40.5 Å². The van der Waals surface area contributed by atoms with Crippen LogP contribution in [0.1, 0.15) is 35.1 Å². The van der Waals surface area contributed by atoms with Gasteiger partial charge in [0, 0.05) is 0 Å². The minimum Gasteiger partial charge on any atom is -0.497 e. The number of likely N-dealkylation sites (tertiary alicyclic amines) is 1. The van der Waals surface area contributed by atoms with Gasteiger partial charge in [0.05, 0.1) is 18.0 Å². The molecule has 1 fully saturated rings. The fourth-order valence-corrected chi connectivity index (χ4v) is 4.53. The number of methoxy groups -OCH3 is 1. The summed E-state index contributed by atoms with van der Waals surface area (Å²) < 4.78 is 6.93. The summed E-state index contributed by atoms with van der Waals surface area (Å²) in [6.45, 7) is 3.88. The van der Waals surface area contributed by atoms with Crippen LogP contribution in [0.4, 0.5) is 0 Å². The topological polar surface area (TPSA) is 62.9 Å². The highest BCUT2D eigenvalue weighted by atomic mass is 32.1. The first kappa shape index (κ1) is 15.4. The average Bonchev–Trinajstić information content (AvgIpc) is 3.29. The second-order valence-corrected chi connectivity index (χ2v) is 7.07. The van der Waals surface area contributed by atoms with Gasteiger partial charge in [0.1, 0.15) is 11.6 Å². The molecule has 1 aliphatic rings. The number of hydrogen-bond acceptors (Lipinski definition) is 6. The molecule has 0 radical (unpaired) electrons. The maximum atomic E-state index is 10.7. The first-order valence-corrected chi connectivity index (χ1v) is 8.92. The Morgan fingerprint density at radius 3 is 2.79 bits per heavy atom. The zero-order chi connectivity index (χ0) is 16.7. The molecule has 0 spiro atoms. The molecule has 126 valence electrons. The normalized spacial score (nSPS) is 16.8. The van der Waals surface area contributed by atoms with E-state index in [9.17, 15) is 5.11 Å². The Bertz CT molecular complexity index is 867. The zero-order valence-electron chi connectivity index (χ0n) is 13.8. The Morgan fingerprint density at radius 2 is 2.08 bits per heavy atom. The van der Waals surface area contributed by atoms with Crippen molar-refractivity contribution in [2.45, 2.75) is 25.8 Å². The molecule has 6 nitrogen and oxygen atoms in total. The van der Waals surface area contributed by atoms with Crippen LogP contribution in [0, 0.1) is 6.92 Å². The molecule has 0 bridgehead atoms. The lowest BCUT2D eigenvalue weighted by Gasteiger charge is -2.27. The number of fused-ring (bicyclic) bond motifs is 1. The van der Waals surface area contributed by atoms with Crippen LogP contribution in [0.3, 0.4) is 0 Å². The number of aryl methyl sites for hydroxylation is 1. The third kappa shape index (κ3) is 2.53. The number of rotatable bonds is 4. The van der Waals surface area contributed by atoms with E-state index in [0.29, 0.717) is 5.82 Å². The molecular formula is C17H20N4O2S. The van der Waals surface area contributed by atoms with Crippen molar-refractivity contribution in [1.82, 2.24) is 19.5 Å². The number of ether oxygens (including phenoxy) is 1. The van der Waals surface area contributed by atoms with Crippen LogP contribution in [0.5, 0.6) is 11.6 Å². The molecule has 4 rings (SSSR count). The first-order valence-electron chi connectivity index (χ1n) is 8.10. The predicted octanol–water partition coefficient (Wildman–Crippen LogP) is 3.00. The van der Waals surface area contributed by atoms with Gasteiger partial charge in [-0.25, -0.2) is 4.98 Å². The first-order chi connectivity index (χ1) is 11.7. The quantitative estimate of drug-likeness (QED) is 0.788. The molecule has 1 aliphatic heterocycles. The summed E-state index contributed by atoms with van der Waals surface area (Å²) >= 11 is 1.50. The van der Waals surface area contributed by atoms with Gasteiger partial charge in [-0.2, -0.15) is 4.52 Å². The molecule has 0 amide bonds. The number of hydrogen-bond donors (Lipinski definition) is 1. The van der Waals surface area contributed by atoms with E-state index in [1.165, 1.54) is 24.2 Å². The van der Waals surface area contributed by atoms with E-state index < -0.39 is 0 Å². The smallest absolute Gasteiger partial charge is 0.230 e. The van der Waals surface area contributed by atoms with Crippen LogP contribution in [-0.4, -0.2) is 44.8 Å². The van der Waals surface area contributed by atoms with Gasteiger partial charge in [0.25, 0.3) is 0 Å². The second kappa shape index (κ2) is 6.07. The van der Waals surface area contributed by atoms with Crippen molar-refractivity contribution in [1.29, 1.82) is 0 Å². The monoisotopic (exact) mass is 344 g/mol. The summed E-state index contributed by atoms with van der Waals surface area (Å²) in [5.41, 5.74) is 1.12. The van der Waals surface area contributed by atoms with Crippen LogP contribution in [-0.2, 0) is 0 Å². The molecule has 3 aromatic rings. The maximum absolute atomic E-state index is 10.7. The highest BCUT2D eigenvalue weighted by Crippen LogP contribution is 2.41. The van der Waals surface area contributed by atoms with Crippen molar-refractivity contribution < 1.29 is 9.84 Å². The van der Waals surface area contributed by atoms with E-state index in [-0.39, 0.29) is 11.9 Å². The van der Waals surface area contributed by atoms with Gasteiger partial charge in [0.2, 0.25) is 10.8 Å². The summed E-state index contributed by atoms with van der Waals surface area (Å²) in [6, 6.07) is 8.07. The number of aromatic nitrogens is 3. The summed E-state index contributed by atoms with van der Waals surface area (Å²) in [5, 5.41) is 15.0. The lowest BCUT2D eigenvalue weighted by molar-refractivity contribution is 0.276. The van der Waals surface area contributed by atoms with E-state index in [0.717, 1.165) is 34.2 Å². The SMILES string of the molecule is COc1cccc(C(c2sc3nc(C)nn3c2O)N2CCCC2)c1. The molecular weight excluding hydrogens is 324 g/mol. The van der Waals surface area contributed by atoms with Crippen LogP contribution >= 0.6 is 11.3 Å². The van der Waals surface area contributed by atoms with E-state index in [1.807, 2.05) is 25.1 Å². The fourth-order valence-electron chi connectivity index (χ4n) is 3.37. The van der Waals surface area contributed by atoms with Gasteiger partial charge in [-0.3, -0.25) is 4.90 Å². The standard InChI is InChI=1S/C17H20N4O2S/c1-11-18-17-21(19-11)16(22)15(24-17)14(20-8-3-4-9-20)12-6-5-7-13(10-12)23-2/h5-7,10,14,22H,3-4,8-9H2,1-2H3. The molecule has 2 aromatic heterocycles. The third-order valence-electron chi connectivity index (χ3n) is 4.47. The maximum Gasteiger partial charge on any atom is 0.230 e. The Morgan fingerprint density at radius 1 is 1.29 bits per heavy atom. The number of benzene rings is 1. The van der Waals surface area contributed by atoms with Gasteiger partial charge < -0.3 is 9.84 Å². The van der Waals surface area contributed by atoms with Crippen molar-refractivity contribution in [3.8, 4) is 11.6 Å². The van der Waals surface area contributed by atoms with Crippen LogP contribution in [0.2, 0.25) is 0 Å². The van der Waals surface area contributed by atoms with Gasteiger partial charge in [-0.05, 0) is 50.6 Å². The lowest BCUT2D eigenvalue weighted by atomic mass is 10.0. The van der Waals surface area contributed by atoms with Crippen molar-refractivity contribution in [2.75, 3.05) is 20.2 Å². The molecule has 3 heterocycles. The highest BCUT2D eigenvalue weighted by Gasteiger charge is 2.31. The predicted molar refractivity (Wildman–Crippen MR) is 92.9 cm³/mol. The average molecular weight is 344 g/mol. The number of thiazole rings is 1. The molecule has 1 unspecified atom stereocenters. The van der Waals surface area contributed by atoms with E-state index >= 15 is 0 Å². The second-order valence-electron chi connectivity index (χ2n) is 6.07. The van der Waals surface area contributed by atoms with Gasteiger partial charge in [-0.15, -0.1) is 5.10 Å². The number of nitrogens with zero attached hydrogens (tertiary/aromatic N) is 4. The molecule has 1 saturated heterocycles. The summed E-state index contributed by atoms with van der Waals surface area (Å²) in [4.78, 5) is 8.43. The molecule has 1 aromatic carbocycles. The molecule has 0 saturated carbocycles. The Kier molecular flexibility index (Phi) is 3.90. The summed E-state index contributed by atoms with van der Waals surface area (Å²) in [5.74, 6) is 1.68. The van der Waals surface area contributed by atoms with Crippen molar-refractivity contribution in [2.24, 2.45) is 0 Å². The number of aromatic hydroxyl groups is 1. The largest absolute Gasteiger partial charge is 0.497 e. The summed E-state index contributed by atoms with van der Waals surface area (Å²) in [7, 11) is 1.67. The molecule has 24 heavy (non-hydrogen) atoms. The summed E-state index contributed by atoms with van der Waals surface area (Å²) in [6.07, 6.45) is 2.36. The molecule has 7 heteroatoms.